The SMILES string of the molecule is Cc1c(NC(=O)CSc2nnc(-c3cccnc3)n2C)c(=O)n(-c2ccccc2)n1C. The molecule has 1 aromatic carbocycles. The van der Waals surface area contributed by atoms with Gasteiger partial charge in [0.05, 0.1) is 17.1 Å². The fraction of sp³-hybridized carbons (Fsp3) is 0.190. The van der Waals surface area contributed by atoms with Crippen LogP contribution >= 0.6 is 11.8 Å². The van der Waals surface area contributed by atoms with E-state index in [9.17, 15) is 9.59 Å². The Kier molecular flexibility index (Phi) is 5.72. The molecular weight excluding hydrogens is 414 g/mol. The highest BCUT2D eigenvalue weighted by Gasteiger charge is 2.19. The van der Waals surface area contributed by atoms with Gasteiger partial charge in [0.15, 0.2) is 11.0 Å². The molecule has 10 heteroatoms. The molecule has 3 heterocycles. The van der Waals surface area contributed by atoms with Crippen molar-refractivity contribution in [2.45, 2.75) is 12.1 Å². The van der Waals surface area contributed by atoms with Crippen LogP contribution in [-0.4, -0.2) is 40.8 Å². The van der Waals surface area contributed by atoms with Gasteiger partial charge in [0.2, 0.25) is 5.91 Å². The van der Waals surface area contributed by atoms with Gasteiger partial charge in [-0.3, -0.25) is 19.3 Å². The zero-order chi connectivity index (χ0) is 22.0. The maximum Gasteiger partial charge on any atom is 0.295 e. The van der Waals surface area contributed by atoms with E-state index in [-0.39, 0.29) is 22.9 Å². The number of hydrogen-bond acceptors (Lipinski definition) is 6. The summed E-state index contributed by atoms with van der Waals surface area (Å²) in [6.45, 7) is 1.80. The Hall–Kier alpha value is -3.66. The molecule has 1 N–H and O–H groups in total. The lowest BCUT2D eigenvalue weighted by Crippen LogP contribution is -2.23. The molecule has 0 aliphatic carbocycles. The van der Waals surface area contributed by atoms with E-state index in [2.05, 4.69) is 20.5 Å². The number of carbonyl (C=O) groups excluding carboxylic acids is 1. The van der Waals surface area contributed by atoms with Crippen molar-refractivity contribution in [1.29, 1.82) is 0 Å². The number of amides is 1. The van der Waals surface area contributed by atoms with Crippen molar-refractivity contribution < 1.29 is 4.79 Å². The fourth-order valence-corrected chi connectivity index (χ4v) is 3.92. The molecule has 0 saturated carbocycles. The molecule has 0 unspecified atom stereocenters. The molecule has 0 bridgehead atoms. The van der Waals surface area contributed by atoms with Gasteiger partial charge in [0.1, 0.15) is 5.69 Å². The predicted octanol–water partition coefficient (Wildman–Crippen LogP) is 2.41. The van der Waals surface area contributed by atoms with Crippen LogP contribution in [0.2, 0.25) is 0 Å². The molecule has 9 nitrogen and oxygen atoms in total. The van der Waals surface area contributed by atoms with Crippen LogP contribution < -0.4 is 10.9 Å². The van der Waals surface area contributed by atoms with Crippen molar-refractivity contribution in [3.05, 3.63) is 70.9 Å². The van der Waals surface area contributed by atoms with E-state index < -0.39 is 0 Å². The summed E-state index contributed by atoms with van der Waals surface area (Å²) in [6.07, 6.45) is 3.40. The summed E-state index contributed by atoms with van der Waals surface area (Å²) < 4.78 is 5.06. The molecule has 0 spiro atoms. The zero-order valence-electron chi connectivity index (χ0n) is 17.3. The Morgan fingerprint density at radius 3 is 2.58 bits per heavy atom. The number of aromatic nitrogens is 6. The normalized spacial score (nSPS) is 10.9. The molecule has 31 heavy (non-hydrogen) atoms. The van der Waals surface area contributed by atoms with E-state index in [4.69, 9.17) is 0 Å². The van der Waals surface area contributed by atoms with E-state index in [0.717, 1.165) is 11.3 Å². The van der Waals surface area contributed by atoms with Gasteiger partial charge in [0.25, 0.3) is 5.56 Å². The summed E-state index contributed by atoms with van der Waals surface area (Å²) in [5.41, 5.74) is 2.24. The lowest BCUT2D eigenvalue weighted by Gasteiger charge is -2.07. The first kappa shape index (κ1) is 20.6. The first-order valence-corrected chi connectivity index (χ1v) is 10.5. The van der Waals surface area contributed by atoms with Crippen LogP contribution in [-0.2, 0) is 18.9 Å². The lowest BCUT2D eigenvalue weighted by molar-refractivity contribution is -0.113. The van der Waals surface area contributed by atoms with Crippen molar-refractivity contribution in [3.63, 3.8) is 0 Å². The highest BCUT2D eigenvalue weighted by Crippen LogP contribution is 2.22. The maximum absolute atomic E-state index is 12.9. The summed E-state index contributed by atoms with van der Waals surface area (Å²) in [5.74, 6) is 0.473. The number of anilines is 1. The Balaban J connectivity index is 1.48. The number of carbonyl (C=O) groups is 1. The zero-order valence-corrected chi connectivity index (χ0v) is 18.1. The molecule has 4 rings (SSSR count). The van der Waals surface area contributed by atoms with Crippen molar-refractivity contribution in [2.75, 3.05) is 11.1 Å². The van der Waals surface area contributed by atoms with Crippen LogP contribution in [0, 0.1) is 6.92 Å². The molecule has 3 aromatic heterocycles. The Bertz CT molecular complexity index is 1280. The number of thioether (sulfide) groups is 1. The Morgan fingerprint density at radius 1 is 1.10 bits per heavy atom. The minimum absolute atomic E-state index is 0.0954. The lowest BCUT2D eigenvalue weighted by atomic mass is 10.3. The Labute approximate surface area is 182 Å². The van der Waals surface area contributed by atoms with Crippen molar-refractivity contribution in [1.82, 2.24) is 29.1 Å². The summed E-state index contributed by atoms with van der Waals surface area (Å²) in [7, 11) is 3.62. The molecule has 0 aliphatic heterocycles. The first-order valence-electron chi connectivity index (χ1n) is 9.54. The first-order chi connectivity index (χ1) is 15.0. The summed E-state index contributed by atoms with van der Waals surface area (Å²) in [5, 5.41) is 11.7. The van der Waals surface area contributed by atoms with Crippen LogP contribution in [0.1, 0.15) is 5.69 Å². The fourth-order valence-electron chi connectivity index (χ4n) is 3.20. The highest BCUT2D eigenvalue weighted by molar-refractivity contribution is 7.99. The minimum Gasteiger partial charge on any atom is -0.319 e. The van der Waals surface area contributed by atoms with E-state index in [1.54, 1.807) is 31.0 Å². The van der Waals surface area contributed by atoms with Crippen LogP contribution in [0.15, 0.2) is 64.8 Å². The number of para-hydroxylation sites is 1. The van der Waals surface area contributed by atoms with E-state index in [1.807, 2.05) is 54.1 Å². The quantitative estimate of drug-likeness (QED) is 0.467. The molecule has 0 atom stereocenters. The average Bonchev–Trinajstić information content (AvgIpc) is 3.25. The highest BCUT2D eigenvalue weighted by atomic mass is 32.2. The van der Waals surface area contributed by atoms with Crippen molar-refractivity contribution in [2.24, 2.45) is 14.1 Å². The predicted molar refractivity (Wildman–Crippen MR) is 119 cm³/mol. The molecular formula is C21H21N7O2S. The second kappa shape index (κ2) is 8.60. The third-order valence-corrected chi connectivity index (χ3v) is 5.93. The van der Waals surface area contributed by atoms with Crippen molar-refractivity contribution >= 4 is 23.4 Å². The number of hydrogen-bond donors (Lipinski definition) is 1. The van der Waals surface area contributed by atoms with Gasteiger partial charge in [-0.1, -0.05) is 30.0 Å². The number of pyridine rings is 1. The molecule has 0 radical (unpaired) electrons. The van der Waals surface area contributed by atoms with Gasteiger partial charge in [-0.15, -0.1) is 10.2 Å². The Morgan fingerprint density at radius 2 is 1.87 bits per heavy atom. The molecule has 0 aliphatic rings. The van der Waals surface area contributed by atoms with Gasteiger partial charge in [0, 0.05) is 32.1 Å². The summed E-state index contributed by atoms with van der Waals surface area (Å²) in [4.78, 5) is 29.6. The second-order valence-electron chi connectivity index (χ2n) is 6.88. The van der Waals surface area contributed by atoms with Gasteiger partial charge in [-0.2, -0.15) is 0 Å². The van der Waals surface area contributed by atoms with Crippen LogP contribution in [0.3, 0.4) is 0 Å². The van der Waals surface area contributed by atoms with Crippen LogP contribution in [0.5, 0.6) is 0 Å². The molecule has 4 aromatic rings. The number of benzene rings is 1. The van der Waals surface area contributed by atoms with Gasteiger partial charge in [-0.05, 0) is 31.2 Å². The van der Waals surface area contributed by atoms with Crippen LogP contribution in [0.4, 0.5) is 5.69 Å². The minimum atomic E-state index is -0.290. The van der Waals surface area contributed by atoms with E-state index >= 15 is 0 Å². The number of nitrogens with one attached hydrogen (secondary N) is 1. The molecule has 158 valence electrons. The molecule has 1 amide bonds. The monoisotopic (exact) mass is 435 g/mol. The average molecular weight is 436 g/mol. The van der Waals surface area contributed by atoms with Gasteiger partial charge >= 0.3 is 0 Å². The number of nitrogens with zero attached hydrogens (tertiary/aromatic N) is 6. The molecule has 0 saturated heterocycles. The number of rotatable bonds is 6. The largest absolute Gasteiger partial charge is 0.319 e. The second-order valence-corrected chi connectivity index (χ2v) is 7.82. The summed E-state index contributed by atoms with van der Waals surface area (Å²) >= 11 is 1.25. The van der Waals surface area contributed by atoms with Crippen molar-refractivity contribution in [3.8, 4) is 17.1 Å². The third-order valence-electron chi connectivity index (χ3n) is 4.91. The molecule has 0 fully saturated rings. The summed E-state index contributed by atoms with van der Waals surface area (Å²) in [6, 6.07) is 13.0. The maximum atomic E-state index is 12.9. The standard InChI is InChI=1S/C21H21N7O2S/c1-14-18(20(30)28(27(14)3)16-9-5-4-6-10-16)23-17(29)13-31-21-25-24-19(26(21)2)15-8-7-11-22-12-15/h4-12H,13H2,1-3H3,(H,23,29). The van der Waals surface area contributed by atoms with E-state index in [1.165, 1.54) is 16.4 Å². The van der Waals surface area contributed by atoms with Gasteiger partial charge < -0.3 is 9.88 Å². The van der Waals surface area contributed by atoms with Gasteiger partial charge in [-0.25, -0.2) is 4.68 Å². The van der Waals surface area contributed by atoms with E-state index in [0.29, 0.717) is 16.7 Å². The topological polar surface area (TPSA) is 99.6 Å². The third kappa shape index (κ3) is 4.02. The smallest absolute Gasteiger partial charge is 0.295 e. The van der Waals surface area contributed by atoms with Crippen LogP contribution in [0.25, 0.3) is 17.1 Å².